The van der Waals surface area contributed by atoms with Gasteiger partial charge in [-0.2, -0.15) is 0 Å². The highest BCUT2D eigenvalue weighted by Crippen LogP contribution is 2.29. The lowest BCUT2D eigenvalue weighted by Gasteiger charge is -2.35. The van der Waals surface area contributed by atoms with Crippen molar-refractivity contribution in [1.82, 2.24) is 4.98 Å². The molecular weight excluding hydrogens is 274 g/mol. The third kappa shape index (κ3) is 3.49. The quantitative estimate of drug-likeness (QED) is 0.893. The van der Waals surface area contributed by atoms with Gasteiger partial charge in [-0.05, 0) is 25.0 Å². The molecule has 0 unspecified atom stereocenters. The number of nitrogens with two attached hydrogens (primary N) is 1. The van der Waals surface area contributed by atoms with E-state index in [0.717, 1.165) is 12.8 Å². The minimum atomic E-state index is -3.28. The van der Waals surface area contributed by atoms with Gasteiger partial charge in [0.25, 0.3) is 0 Å². The summed E-state index contributed by atoms with van der Waals surface area (Å²) < 4.78 is 23.9. The molecule has 1 fully saturated rings. The van der Waals surface area contributed by atoms with Gasteiger partial charge in [0.15, 0.2) is 9.84 Å². The van der Waals surface area contributed by atoms with Crippen molar-refractivity contribution in [3.63, 3.8) is 0 Å². The van der Waals surface area contributed by atoms with Crippen LogP contribution in [0.25, 0.3) is 0 Å². The maximum absolute atomic E-state index is 11.9. The maximum atomic E-state index is 11.9. The average Bonchev–Trinajstić information content (AvgIpc) is 2.45. The summed E-state index contributed by atoms with van der Waals surface area (Å²) in [4.78, 5) is 6.73. The van der Waals surface area contributed by atoms with Crippen LogP contribution in [0.1, 0.15) is 32.1 Å². The summed E-state index contributed by atoms with van der Waals surface area (Å²) in [7, 11) is -3.28. The van der Waals surface area contributed by atoms with Crippen LogP contribution in [0.5, 0.6) is 0 Å². The molecule has 20 heavy (non-hydrogen) atoms. The lowest BCUT2D eigenvalue weighted by molar-refractivity contribution is 0.412. The van der Waals surface area contributed by atoms with Crippen LogP contribution in [0.3, 0.4) is 0 Å². The zero-order valence-corrected chi connectivity index (χ0v) is 12.8. The molecule has 2 rings (SSSR count). The van der Waals surface area contributed by atoms with Crippen LogP contribution < -0.4 is 10.6 Å². The molecule has 1 aliphatic rings. The summed E-state index contributed by atoms with van der Waals surface area (Å²) in [6, 6.07) is 3.65. The van der Waals surface area contributed by atoms with E-state index in [4.69, 9.17) is 5.73 Å². The van der Waals surface area contributed by atoms with Gasteiger partial charge >= 0.3 is 0 Å². The fraction of sp³-hybridized carbons (Fsp3) is 0.643. The Hall–Kier alpha value is -1.14. The normalized spacial score (nSPS) is 17.1. The number of aromatic nitrogens is 1. The van der Waals surface area contributed by atoms with E-state index < -0.39 is 9.84 Å². The third-order valence-corrected chi connectivity index (χ3v) is 4.93. The molecule has 0 amide bonds. The molecule has 1 aromatic heterocycles. The van der Waals surface area contributed by atoms with E-state index >= 15 is 0 Å². The van der Waals surface area contributed by atoms with Gasteiger partial charge in [0.05, 0.1) is 0 Å². The fourth-order valence-electron chi connectivity index (χ4n) is 2.88. The summed E-state index contributed by atoms with van der Waals surface area (Å²) >= 11 is 0. The highest BCUT2D eigenvalue weighted by atomic mass is 32.2. The molecule has 0 aliphatic heterocycles. The van der Waals surface area contributed by atoms with Crippen LogP contribution in [-0.4, -0.2) is 38.8 Å². The molecule has 0 bridgehead atoms. The molecule has 6 heteroatoms. The number of sulfone groups is 1. The molecular formula is C14H23N3O2S. The van der Waals surface area contributed by atoms with E-state index in [1.54, 1.807) is 18.3 Å². The molecule has 0 saturated heterocycles. The second-order valence-corrected chi connectivity index (χ2v) is 7.36. The molecule has 112 valence electrons. The predicted octanol–water partition coefficient (Wildman–Crippen LogP) is 1.58. The van der Waals surface area contributed by atoms with Gasteiger partial charge in [-0.25, -0.2) is 13.4 Å². The Morgan fingerprint density at radius 3 is 2.65 bits per heavy atom. The molecule has 0 atom stereocenters. The van der Waals surface area contributed by atoms with Crippen molar-refractivity contribution in [3.05, 3.63) is 18.3 Å². The number of hydrogen-bond donors (Lipinski definition) is 1. The third-order valence-electron chi connectivity index (χ3n) is 3.81. The first-order valence-corrected chi connectivity index (χ1v) is 9.05. The van der Waals surface area contributed by atoms with E-state index in [2.05, 4.69) is 9.88 Å². The van der Waals surface area contributed by atoms with Crippen molar-refractivity contribution in [2.24, 2.45) is 5.73 Å². The summed E-state index contributed by atoms with van der Waals surface area (Å²) in [5, 5.41) is 0. The SMILES string of the molecule is CS(=O)(=O)c1cccnc1N(CCN)C1CCCCC1. The molecule has 5 nitrogen and oxygen atoms in total. The summed E-state index contributed by atoms with van der Waals surface area (Å²) in [6.07, 6.45) is 8.68. The Balaban J connectivity index is 2.38. The van der Waals surface area contributed by atoms with Gasteiger partial charge in [-0.3, -0.25) is 0 Å². The molecule has 0 spiro atoms. The zero-order chi connectivity index (χ0) is 14.6. The lowest BCUT2D eigenvalue weighted by atomic mass is 9.94. The minimum absolute atomic E-state index is 0.305. The van der Waals surface area contributed by atoms with E-state index in [0.29, 0.717) is 29.8 Å². The van der Waals surface area contributed by atoms with Crippen LogP contribution in [0.4, 0.5) is 5.82 Å². The molecule has 0 aromatic carbocycles. The molecule has 1 aliphatic carbocycles. The van der Waals surface area contributed by atoms with Crippen LogP contribution in [0, 0.1) is 0 Å². The van der Waals surface area contributed by atoms with Crippen LogP contribution in [0.15, 0.2) is 23.2 Å². The fourth-order valence-corrected chi connectivity index (χ4v) is 3.71. The number of anilines is 1. The minimum Gasteiger partial charge on any atom is -0.351 e. The topological polar surface area (TPSA) is 76.3 Å². The zero-order valence-electron chi connectivity index (χ0n) is 12.0. The van der Waals surface area contributed by atoms with E-state index in [1.807, 2.05) is 0 Å². The maximum Gasteiger partial charge on any atom is 0.179 e. The molecule has 1 saturated carbocycles. The molecule has 1 aromatic rings. The number of nitrogens with zero attached hydrogens (tertiary/aromatic N) is 2. The van der Waals surface area contributed by atoms with Crippen LogP contribution in [0.2, 0.25) is 0 Å². The molecule has 2 N–H and O–H groups in total. The van der Waals surface area contributed by atoms with Crippen LogP contribution >= 0.6 is 0 Å². The van der Waals surface area contributed by atoms with Gasteiger partial charge in [0, 0.05) is 31.6 Å². The second-order valence-electron chi connectivity index (χ2n) is 5.37. The highest BCUT2D eigenvalue weighted by molar-refractivity contribution is 7.90. The van der Waals surface area contributed by atoms with Gasteiger partial charge in [0.2, 0.25) is 0 Å². The average molecular weight is 297 g/mol. The Bertz CT molecular complexity index is 539. The van der Waals surface area contributed by atoms with E-state index in [1.165, 1.54) is 25.5 Å². The molecule has 0 radical (unpaired) electrons. The first-order valence-electron chi connectivity index (χ1n) is 7.16. The Morgan fingerprint density at radius 2 is 2.05 bits per heavy atom. The van der Waals surface area contributed by atoms with Crippen LogP contribution in [-0.2, 0) is 9.84 Å². The van der Waals surface area contributed by atoms with Crippen molar-refractivity contribution < 1.29 is 8.42 Å². The van der Waals surface area contributed by atoms with Gasteiger partial charge in [-0.15, -0.1) is 0 Å². The van der Waals surface area contributed by atoms with Crippen molar-refractivity contribution >= 4 is 15.7 Å². The van der Waals surface area contributed by atoms with Gasteiger partial charge < -0.3 is 10.6 Å². The summed E-state index contributed by atoms with van der Waals surface area (Å²) in [6.45, 7) is 1.14. The molecule has 1 heterocycles. The first kappa shape index (κ1) is 15.3. The van der Waals surface area contributed by atoms with Gasteiger partial charge in [-0.1, -0.05) is 19.3 Å². The smallest absolute Gasteiger partial charge is 0.179 e. The number of rotatable bonds is 5. The standard InChI is InChI=1S/C14H23N3O2S/c1-20(18,19)13-8-5-10-16-14(13)17(11-9-15)12-6-3-2-4-7-12/h5,8,10,12H,2-4,6-7,9,11,15H2,1H3. The van der Waals surface area contributed by atoms with Crippen molar-refractivity contribution in [3.8, 4) is 0 Å². The van der Waals surface area contributed by atoms with E-state index in [9.17, 15) is 8.42 Å². The predicted molar refractivity (Wildman–Crippen MR) is 80.6 cm³/mol. The Kier molecular flexibility index (Phi) is 4.99. The number of hydrogen-bond acceptors (Lipinski definition) is 5. The largest absolute Gasteiger partial charge is 0.351 e. The summed E-state index contributed by atoms with van der Waals surface area (Å²) in [5.74, 6) is 0.562. The van der Waals surface area contributed by atoms with E-state index in [-0.39, 0.29) is 0 Å². The van der Waals surface area contributed by atoms with Crippen molar-refractivity contribution in [1.29, 1.82) is 0 Å². The monoisotopic (exact) mass is 297 g/mol. The van der Waals surface area contributed by atoms with Crippen molar-refractivity contribution in [2.45, 2.75) is 43.0 Å². The summed E-state index contributed by atoms with van der Waals surface area (Å²) in [5.41, 5.74) is 5.71. The van der Waals surface area contributed by atoms with Gasteiger partial charge in [0.1, 0.15) is 10.7 Å². The second kappa shape index (κ2) is 6.54. The Labute approximate surface area is 121 Å². The van der Waals surface area contributed by atoms with Crippen molar-refractivity contribution in [2.75, 3.05) is 24.2 Å². The number of pyridine rings is 1. The first-order chi connectivity index (χ1) is 9.54. The highest BCUT2D eigenvalue weighted by Gasteiger charge is 2.26. The Morgan fingerprint density at radius 1 is 1.35 bits per heavy atom. The lowest BCUT2D eigenvalue weighted by Crippen LogP contribution is -2.41.